The van der Waals surface area contributed by atoms with Gasteiger partial charge < -0.3 is 11.5 Å². The largest absolute Gasteiger partial charge is 0.327 e. The molecule has 0 aromatic rings. The van der Waals surface area contributed by atoms with Crippen LogP contribution in [0.4, 0.5) is 0 Å². The average Bonchev–Trinajstić information content (AvgIpc) is 2.01. The topological polar surface area (TPSA) is 52.0 Å². The molecule has 1 aliphatic rings. The van der Waals surface area contributed by atoms with Gasteiger partial charge in [0, 0.05) is 11.6 Å². The summed E-state index contributed by atoms with van der Waals surface area (Å²) in [7, 11) is 0. The molecule has 4 N–H and O–H groups in total. The van der Waals surface area contributed by atoms with Crippen LogP contribution in [0.1, 0.15) is 52.9 Å². The average molecular weight is 198 g/mol. The molecule has 1 fully saturated rings. The number of nitrogens with two attached hydrogens (primary N) is 2. The van der Waals surface area contributed by atoms with Gasteiger partial charge >= 0.3 is 0 Å². The first-order valence-corrected chi connectivity index (χ1v) is 5.99. The zero-order chi connectivity index (χ0) is 10.8. The van der Waals surface area contributed by atoms with Crippen molar-refractivity contribution in [3.05, 3.63) is 0 Å². The summed E-state index contributed by atoms with van der Waals surface area (Å²) in [5.74, 6) is 1.36. The van der Waals surface area contributed by atoms with Gasteiger partial charge in [0.25, 0.3) is 0 Å². The summed E-state index contributed by atoms with van der Waals surface area (Å²) >= 11 is 0. The fourth-order valence-electron chi connectivity index (χ4n) is 2.87. The van der Waals surface area contributed by atoms with Gasteiger partial charge in [-0.15, -0.1) is 0 Å². The van der Waals surface area contributed by atoms with Crippen molar-refractivity contribution in [3.8, 4) is 0 Å². The molecule has 1 rings (SSSR count). The van der Waals surface area contributed by atoms with E-state index in [1.54, 1.807) is 0 Å². The molecule has 2 heteroatoms. The first-order chi connectivity index (χ1) is 6.44. The van der Waals surface area contributed by atoms with E-state index in [1.165, 1.54) is 12.8 Å². The van der Waals surface area contributed by atoms with Crippen molar-refractivity contribution in [2.45, 2.75) is 64.5 Å². The van der Waals surface area contributed by atoms with Crippen LogP contribution in [0, 0.1) is 11.8 Å². The molecule has 84 valence electrons. The number of rotatable bonds is 1. The van der Waals surface area contributed by atoms with Crippen molar-refractivity contribution >= 4 is 0 Å². The highest BCUT2D eigenvalue weighted by molar-refractivity contribution is 4.88. The Kier molecular flexibility index (Phi) is 3.96. The Bertz CT molecular complexity index is 177. The van der Waals surface area contributed by atoms with Crippen molar-refractivity contribution in [1.29, 1.82) is 0 Å². The van der Waals surface area contributed by atoms with Crippen molar-refractivity contribution < 1.29 is 0 Å². The monoisotopic (exact) mass is 198 g/mol. The van der Waals surface area contributed by atoms with Gasteiger partial charge in [0.2, 0.25) is 0 Å². The van der Waals surface area contributed by atoms with Gasteiger partial charge in [-0.05, 0) is 44.4 Å². The highest BCUT2D eigenvalue weighted by atomic mass is 14.7. The molecule has 0 radical (unpaired) electrons. The Labute approximate surface area is 88.4 Å². The minimum atomic E-state index is 0.0347. The molecule has 0 aliphatic heterocycles. The maximum atomic E-state index is 6.26. The van der Waals surface area contributed by atoms with Crippen LogP contribution in [0.5, 0.6) is 0 Å². The lowest BCUT2D eigenvalue weighted by atomic mass is 9.75. The third-order valence-electron chi connectivity index (χ3n) is 3.71. The molecule has 1 saturated carbocycles. The second-order valence-corrected chi connectivity index (χ2v) is 5.57. The van der Waals surface area contributed by atoms with Gasteiger partial charge in [0.05, 0.1) is 0 Å². The second kappa shape index (κ2) is 4.63. The van der Waals surface area contributed by atoms with Gasteiger partial charge in [-0.1, -0.05) is 20.3 Å². The van der Waals surface area contributed by atoms with Crippen LogP contribution in [0.15, 0.2) is 0 Å². The Morgan fingerprint density at radius 3 is 2.64 bits per heavy atom. The Morgan fingerprint density at radius 1 is 1.43 bits per heavy atom. The molecule has 0 amide bonds. The molecule has 0 heterocycles. The lowest BCUT2D eigenvalue weighted by Crippen LogP contribution is -2.43. The van der Waals surface area contributed by atoms with E-state index in [4.69, 9.17) is 11.5 Å². The Hall–Kier alpha value is -0.0800. The molecule has 0 aromatic carbocycles. The van der Waals surface area contributed by atoms with Gasteiger partial charge in [-0.3, -0.25) is 0 Å². The first-order valence-electron chi connectivity index (χ1n) is 5.99. The van der Waals surface area contributed by atoms with Crippen molar-refractivity contribution in [3.63, 3.8) is 0 Å². The predicted molar refractivity (Wildman–Crippen MR) is 62.0 cm³/mol. The van der Waals surface area contributed by atoms with E-state index in [0.717, 1.165) is 19.3 Å². The summed E-state index contributed by atoms with van der Waals surface area (Å²) in [5, 5.41) is 0. The lowest BCUT2D eigenvalue weighted by Gasteiger charge is -2.36. The van der Waals surface area contributed by atoms with Crippen molar-refractivity contribution in [2.75, 3.05) is 0 Å². The maximum absolute atomic E-state index is 6.26. The molecule has 14 heavy (non-hydrogen) atoms. The van der Waals surface area contributed by atoms with Gasteiger partial charge in [0.15, 0.2) is 0 Å². The van der Waals surface area contributed by atoms with Crippen LogP contribution in [-0.2, 0) is 0 Å². The summed E-state index contributed by atoms with van der Waals surface area (Å²) in [4.78, 5) is 0. The van der Waals surface area contributed by atoms with Crippen molar-refractivity contribution in [1.82, 2.24) is 0 Å². The van der Waals surface area contributed by atoms with Crippen LogP contribution >= 0.6 is 0 Å². The smallest absolute Gasteiger partial charge is 0.0128 e. The fraction of sp³-hybridized carbons (Fsp3) is 1.00. The zero-order valence-electron chi connectivity index (χ0n) is 9.92. The quantitative estimate of drug-likeness (QED) is 0.679. The van der Waals surface area contributed by atoms with Crippen molar-refractivity contribution in [2.24, 2.45) is 23.3 Å². The van der Waals surface area contributed by atoms with Gasteiger partial charge in [-0.25, -0.2) is 0 Å². The maximum Gasteiger partial charge on any atom is 0.0128 e. The van der Waals surface area contributed by atoms with E-state index in [9.17, 15) is 0 Å². The van der Waals surface area contributed by atoms with E-state index < -0.39 is 0 Å². The zero-order valence-corrected chi connectivity index (χ0v) is 9.92. The summed E-state index contributed by atoms with van der Waals surface area (Å²) in [6.07, 6.45) is 5.80. The standard InChI is InChI=1S/C12H26N2/c1-4-10-5-6-12(3,14)8-9(2)7-11(10)13/h9-11H,4-8,13-14H2,1-3H3. The molecular weight excluding hydrogens is 172 g/mol. The predicted octanol–water partition coefficient (Wildman–Crippen LogP) is 2.27. The molecule has 0 aromatic heterocycles. The molecule has 0 bridgehead atoms. The minimum absolute atomic E-state index is 0.0347. The molecule has 4 unspecified atom stereocenters. The van der Waals surface area contributed by atoms with E-state index in [-0.39, 0.29) is 5.54 Å². The van der Waals surface area contributed by atoms with Crippen LogP contribution in [0.3, 0.4) is 0 Å². The van der Waals surface area contributed by atoms with Crippen LogP contribution in [-0.4, -0.2) is 11.6 Å². The normalized spacial score (nSPS) is 45.6. The summed E-state index contributed by atoms with van der Waals surface area (Å²) in [5.41, 5.74) is 12.5. The highest BCUT2D eigenvalue weighted by Crippen LogP contribution is 2.31. The van der Waals surface area contributed by atoms with Crippen LogP contribution in [0.25, 0.3) is 0 Å². The molecular formula is C12H26N2. The molecule has 1 aliphatic carbocycles. The Balaban J connectivity index is 2.62. The summed E-state index contributed by atoms with van der Waals surface area (Å²) in [6.45, 7) is 6.71. The molecule has 0 saturated heterocycles. The summed E-state index contributed by atoms with van der Waals surface area (Å²) < 4.78 is 0. The van der Waals surface area contributed by atoms with Gasteiger partial charge in [0.1, 0.15) is 0 Å². The fourth-order valence-corrected chi connectivity index (χ4v) is 2.87. The third-order valence-corrected chi connectivity index (χ3v) is 3.71. The minimum Gasteiger partial charge on any atom is -0.327 e. The molecule has 4 atom stereocenters. The highest BCUT2D eigenvalue weighted by Gasteiger charge is 2.29. The number of hydrogen-bond donors (Lipinski definition) is 2. The molecule has 0 spiro atoms. The van der Waals surface area contributed by atoms with E-state index in [2.05, 4.69) is 20.8 Å². The SMILES string of the molecule is CCC1CCC(C)(N)CC(C)CC1N. The first kappa shape index (κ1) is 12.0. The second-order valence-electron chi connectivity index (χ2n) is 5.57. The van der Waals surface area contributed by atoms with Crippen LogP contribution < -0.4 is 11.5 Å². The van der Waals surface area contributed by atoms with E-state index in [1.807, 2.05) is 0 Å². The van der Waals surface area contributed by atoms with E-state index >= 15 is 0 Å². The third kappa shape index (κ3) is 3.25. The lowest BCUT2D eigenvalue weighted by molar-refractivity contribution is 0.217. The summed E-state index contributed by atoms with van der Waals surface area (Å²) in [6, 6.07) is 0.395. The van der Waals surface area contributed by atoms with E-state index in [0.29, 0.717) is 17.9 Å². The number of hydrogen-bond acceptors (Lipinski definition) is 2. The van der Waals surface area contributed by atoms with Crippen LogP contribution in [0.2, 0.25) is 0 Å². The van der Waals surface area contributed by atoms with Gasteiger partial charge in [-0.2, -0.15) is 0 Å². The molecule has 2 nitrogen and oxygen atoms in total. The Morgan fingerprint density at radius 2 is 2.07 bits per heavy atom.